The van der Waals surface area contributed by atoms with E-state index in [1.54, 1.807) is 0 Å². The Morgan fingerprint density at radius 3 is 2.45 bits per heavy atom. The van der Waals surface area contributed by atoms with E-state index in [2.05, 4.69) is 9.72 Å². The summed E-state index contributed by atoms with van der Waals surface area (Å²) in [6.07, 6.45) is -1.09. The molecule has 0 amide bonds. The van der Waals surface area contributed by atoms with Gasteiger partial charge in [-0.05, 0) is 73.4 Å². The predicted octanol–water partition coefficient (Wildman–Crippen LogP) is 6.70. The monoisotopic (exact) mass is 530 g/mol. The largest absolute Gasteiger partial charge is 0.466 e. The maximum Gasteiger partial charge on any atom is 0.394 e. The Labute approximate surface area is 216 Å². The molecule has 7 rings (SSSR count). The number of methoxy groups -OCH3 is 1. The zero-order chi connectivity index (χ0) is 27.0. The first kappa shape index (κ1) is 25.1. The van der Waals surface area contributed by atoms with Crippen LogP contribution in [-0.4, -0.2) is 41.7 Å². The summed E-state index contributed by atoms with van der Waals surface area (Å²) in [6, 6.07) is 8.99. The maximum absolute atomic E-state index is 15.7. The topological polar surface area (TPSA) is 45.3 Å². The molecule has 3 fully saturated rings. The lowest BCUT2D eigenvalue weighted by Gasteiger charge is -2.72. The van der Waals surface area contributed by atoms with Crippen molar-refractivity contribution in [2.45, 2.75) is 50.9 Å². The Bertz CT molecular complexity index is 1430. The molecule has 0 unspecified atom stereocenters. The summed E-state index contributed by atoms with van der Waals surface area (Å²) in [4.78, 5) is 16.8. The molecule has 1 aliphatic heterocycles. The summed E-state index contributed by atoms with van der Waals surface area (Å²) in [5, 5.41) is 0.971. The van der Waals surface area contributed by atoms with Gasteiger partial charge < -0.3 is 9.72 Å². The molecule has 2 aromatic carbocycles. The quantitative estimate of drug-likeness (QED) is 0.227. The molecule has 0 saturated heterocycles. The van der Waals surface area contributed by atoms with Crippen molar-refractivity contribution in [2.75, 3.05) is 13.7 Å². The zero-order valence-electron chi connectivity index (χ0n) is 21.0. The third-order valence-electron chi connectivity index (χ3n) is 8.76. The van der Waals surface area contributed by atoms with E-state index in [0.717, 1.165) is 34.7 Å². The van der Waals surface area contributed by atoms with Crippen LogP contribution in [0.1, 0.15) is 54.6 Å². The van der Waals surface area contributed by atoms with Crippen LogP contribution in [0, 0.1) is 22.5 Å². The first-order valence-electron chi connectivity index (χ1n) is 12.6. The first-order chi connectivity index (χ1) is 18.0. The van der Waals surface area contributed by atoms with Gasteiger partial charge in [0.15, 0.2) is 0 Å². The second-order valence-electron chi connectivity index (χ2n) is 11.3. The number of halogens is 5. The van der Waals surface area contributed by atoms with Gasteiger partial charge in [0.05, 0.1) is 18.6 Å². The highest BCUT2D eigenvalue weighted by atomic mass is 19.4. The molecular weight excluding hydrogens is 503 g/mol. The van der Waals surface area contributed by atoms with Crippen molar-refractivity contribution in [2.24, 2.45) is 10.8 Å². The number of ether oxygens (including phenoxy) is 1. The summed E-state index contributed by atoms with van der Waals surface area (Å²) < 4.78 is 76.6. The molecule has 4 nitrogen and oxygen atoms in total. The van der Waals surface area contributed by atoms with E-state index in [4.69, 9.17) is 0 Å². The first-order valence-corrected chi connectivity index (χ1v) is 12.6. The van der Waals surface area contributed by atoms with Crippen molar-refractivity contribution in [3.63, 3.8) is 0 Å². The molecule has 2 bridgehead atoms. The van der Waals surface area contributed by atoms with Gasteiger partial charge in [-0.15, -0.1) is 0 Å². The highest BCUT2D eigenvalue weighted by molar-refractivity contribution is 5.87. The number of carbonyl (C=O) groups excluding carboxylic acids is 1. The average Bonchev–Trinajstić information content (AvgIpc) is 3.16. The van der Waals surface area contributed by atoms with Crippen molar-refractivity contribution >= 4 is 22.9 Å². The van der Waals surface area contributed by atoms with Gasteiger partial charge in [0.2, 0.25) is 0 Å². The van der Waals surface area contributed by atoms with E-state index in [1.807, 2.05) is 36.1 Å². The fraction of sp³-hybridized carbons (Fsp3) is 0.414. The highest BCUT2D eigenvalue weighted by Crippen LogP contribution is 2.78. The molecule has 2 atom stereocenters. The standard InChI is InChI=1S/C29H27F5N2O2/c1-16-9-19-18-5-3-4-6-22(18)35-25(19)26(36(16)15-27-12-28(13-27,14-27)29(32,33)34)24-20(30)10-17(11-21(24)31)7-8-23(37)38-2/h3-8,10-11,16,26,35H,9,12-15H2,1-2H3/b8-7+/t16-,26-,27?,28?/m1/s1. The zero-order valence-corrected chi connectivity index (χ0v) is 21.0. The number of benzene rings is 2. The molecule has 3 aromatic rings. The third kappa shape index (κ3) is 3.69. The van der Waals surface area contributed by atoms with Crippen LogP contribution in [-0.2, 0) is 16.0 Å². The Hall–Kier alpha value is -3.20. The van der Waals surface area contributed by atoms with Crippen LogP contribution < -0.4 is 0 Å². The smallest absolute Gasteiger partial charge is 0.394 e. The van der Waals surface area contributed by atoms with Crippen LogP contribution in [0.15, 0.2) is 42.5 Å². The van der Waals surface area contributed by atoms with Crippen LogP contribution in [0.25, 0.3) is 17.0 Å². The Morgan fingerprint density at radius 1 is 1.16 bits per heavy atom. The predicted molar refractivity (Wildman–Crippen MR) is 132 cm³/mol. The molecule has 0 radical (unpaired) electrons. The number of nitrogens with zero attached hydrogens (tertiary/aromatic N) is 1. The van der Waals surface area contributed by atoms with E-state index in [-0.39, 0.29) is 36.4 Å². The summed E-state index contributed by atoms with van der Waals surface area (Å²) >= 11 is 0. The molecule has 200 valence electrons. The number of nitrogens with one attached hydrogen (secondary N) is 1. The maximum atomic E-state index is 15.7. The lowest BCUT2D eigenvalue weighted by molar-refractivity contribution is -0.366. The van der Waals surface area contributed by atoms with Crippen LogP contribution in [0.3, 0.4) is 0 Å². The van der Waals surface area contributed by atoms with Crippen molar-refractivity contribution in [3.05, 3.63) is 76.5 Å². The third-order valence-corrected chi connectivity index (χ3v) is 8.76. The Kier molecular flexibility index (Phi) is 5.55. The summed E-state index contributed by atoms with van der Waals surface area (Å²) in [5.41, 5.74) is 0.380. The molecule has 3 aliphatic carbocycles. The van der Waals surface area contributed by atoms with E-state index in [0.29, 0.717) is 18.7 Å². The number of alkyl halides is 3. The van der Waals surface area contributed by atoms with Crippen LogP contribution >= 0.6 is 0 Å². The molecule has 38 heavy (non-hydrogen) atoms. The molecule has 4 aliphatic rings. The molecular formula is C29H27F5N2O2. The minimum absolute atomic E-state index is 0.0568. The molecule has 3 saturated carbocycles. The minimum atomic E-state index is -4.22. The number of aromatic amines is 1. The van der Waals surface area contributed by atoms with Gasteiger partial charge in [0.1, 0.15) is 11.6 Å². The number of para-hydroxylation sites is 1. The number of fused-ring (bicyclic) bond motifs is 3. The number of hydrogen-bond donors (Lipinski definition) is 1. The van der Waals surface area contributed by atoms with Gasteiger partial charge in [-0.1, -0.05) is 18.2 Å². The van der Waals surface area contributed by atoms with Crippen molar-refractivity contribution in [3.8, 4) is 0 Å². The van der Waals surface area contributed by atoms with Crippen molar-refractivity contribution in [1.29, 1.82) is 0 Å². The number of hydrogen-bond acceptors (Lipinski definition) is 3. The normalized spacial score (nSPS) is 28.7. The highest BCUT2D eigenvalue weighted by Gasteiger charge is 2.78. The van der Waals surface area contributed by atoms with Crippen LogP contribution in [0.4, 0.5) is 22.0 Å². The molecule has 0 spiro atoms. The summed E-state index contributed by atoms with van der Waals surface area (Å²) in [5.74, 6) is -2.22. The van der Waals surface area contributed by atoms with E-state index < -0.39 is 40.7 Å². The van der Waals surface area contributed by atoms with Gasteiger partial charge in [-0.2, -0.15) is 13.2 Å². The van der Waals surface area contributed by atoms with Gasteiger partial charge in [-0.25, -0.2) is 13.6 Å². The number of carbonyl (C=O) groups is 1. The lowest BCUT2D eigenvalue weighted by atomic mass is 9.34. The number of rotatable bonds is 5. The van der Waals surface area contributed by atoms with Gasteiger partial charge in [0.25, 0.3) is 0 Å². The number of esters is 1. The van der Waals surface area contributed by atoms with E-state index >= 15 is 8.78 Å². The Morgan fingerprint density at radius 2 is 1.82 bits per heavy atom. The van der Waals surface area contributed by atoms with Crippen LogP contribution in [0.5, 0.6) is 0 Å². The summed E-state index contributed by atoms with van der Waals surface area (Å²) in [7, 11) is 1.20. The van der Waals surface area contributed by atoms with Crippen molar-refractivity contribution < 1.29 is 31.5 Å². The fourth-order valence-electron chi connectivity index (χ4n) is 7.11. The van der Waals surface area contributed by atoms with E-state index in [9.17, 15) is 18.0 Å². The number of aromatic nitrogens is 1. The van der Waals surface area contributed by atoms with Gasteiger partial charge >= 0.3 is 12.1 Å². The SMILES string of the molecule is COC(=O)/C=C/c1cc(F)c([C@@H]2c3[nH]c4ccccc4c3C[C@@H](C)N2CC23CC(C(F)(F)F)(C2)C3)c(F)c1. The van der Waals surface area contributed by atoms with Crippen LogP contribution in [0.2, 0.25) is 0 Å². The molecule has 1 aromatic heterocycles. The molecule has 2 heterocycles. The van der Waals surface area contributed by atoms with E-state index in [1.165, 1.54) is 13.2 Å². The van der Waals surface area contributed by atoms with Crippen molar-refractivity contribution in [1.82, 2.24) is 9.88 Å². The lowest BCUT2D eigenvalue weighted by Crippen LogP contribution is -2.71. The van der Waals surface area contributed by atoms with Gasteiger partial charge in [-0.3, -0.25) is 4.90 Å². The van der Waals surface area contributed by atoms with Gasteiger partial charge in [0, 0.05) is 40.8 Å². The Balaban J connectivity index is 1.42. The second kappa shape index (κ2) is 8.40. The fourth-order valence-corrected chi connectivity index (χ4v) is 7.11. The average molecular weight is 531 g/mol. The molecule has 9 heteroatoms. The number of H-pyrrole nitrogens is 1. The minimum Gasteiger partial charge on any atom is -0.466 e. The second-order valence-corrected chi connectivity index (χ2v) is 11.3. The molecule has 1 N–H and O–H groups in total. The summed E-state index contributed by atoms with van der Waals surface area (Å²) in [6.45, 7) is 2.29.